The second kappa shape index (κ2) is 7.55. The number of likely N-dealkylation sites (N-methyl/N-ethyl adjacent to an activating group) is 1. The van der Waals surface area contributed by atoms with Crippen molar-refractivity contribution in [1.82, 2.24) is 4.90 Å². The van der Waals surface area contributed by atoms with Crippen LogP contribution in [-0.4, -0.2) is 24.5 Å². The predicted molar refractivity (Wildman–Crippen MR) is 79.6 cm³/mol. The number of aryl methyl sites for hydroxylation is 1. The molecule has 0 saturated carbocycles. The Morgan fingerprint density at radius 3 is 2.61 bits per heavy atom. The summed E-state index contributed by atoms with van der Waals surface area (Å²) in [5.41, 5.74) is 8.65. The van der Waals surface area contributed by atoms with Crippen LogP contribution in [0, 0.1) is 12.8 Å². The monoisotopic (exact) mass is 248 g/mol. The lowest BCUT2D eigenvalue weighted by Crippen LogP contribution is -2.42. The van der Waals surface area contributed by atoms with Gasteiger partial charge >= 0.3 is 0 Å². The van der Waals surface area contributed by atoms with Crippen molar-refractivity contribution in [2.24, 2.45) is 11.7 Å². The lowest BCUT2D eigenvalue weighted by molar-refractivity contribution is 0.174. The molecule has 0 heterocycles. The molecule has 0 spiro atoms. The number of hydrogen-bond donors (Lipinski definition) is 1. The van der Waals surface area contributed by atoms with Gasteiger partial charge in [0.2, 0.25) is 0 Å². The molecule has 0 aliphatic rings. The molecule has 2 atom stereocenters. The highest BCUT2D eigenvalue weighted by molar-refractivity contribution is 5.22. The second-order valence-corrected chi connectivity index (χ2v) is 5.47. The van der Waals surface area contributed by atoms with Crippen molar-refractivity contribution in [2.45, 2.75) is 46.2 Å². The number of benzene rings is 1. The lowest BCUT2D eigenvalue weighted by Gasteiger charge is -2.32. The van der Waals surface area contributed by atoms with Crippen molar-refractivity contribution in [3.05, 3.63) is 35.4 Å². The van der Waals surface area contributed by atoms with Crippen LogP contribution < -0.4 is 5.73 Å². The van der Waals surface area contributed by atoms with Gasteiger partial charge in [0.1, 0.15) is 0 Å². The van der Waals surface area contributed by atoms with Crippen molar-refractivity contribution in [2.75, 3.05) is 13.6 Å². The maximum absolute atomic E-state index is 5.95. The molecule has 0 radical (unpaired) electrons. The summed E-state index contributed by atoms with van der Waals surface area (Å²) in [4.78, 5) is 2.40. The molecule has 18 heavy (non-hydrogen) atoms. The van der Waals surface area contributed by atoms with Crippen LogP contribution in [0.5, 0.6) is 0 Å². The number of nitrogens with zero attached hydrogens (tertiary/aromatic N) is 1. The molecular formula is C16H28N2. The van der Waals surface area contributed by atoms with Crippen LogP contribution in [0.3, 0.4) is 0 Å². The summed E-state index contributed by atoms with van der Waals surface area (Å²) >= 11 is 0. The number of rotatable bonds is 7. The van der Waals surface area contributed by atoms with Gasteiger partial charge in [-0.1, -0.05) is 50.1 Å². The lowest BCUT2D eigenvalue weighted by atomic mass is 9.95. The molecule has 0 aromatic heterocycles. The summed E-state index contributed by atoms with van der Waals surface area (Å²) in [5, 5.41) is 0. The van der Waals surface area contributed by atoms with Gasteiger partial charge in [-0.2, -0.15) is 0 Å². The minimum atomic E-state index is 0.477. The zero-order valence-electron chi connectivity index (χ0n) is 12.3. The second-order valence-electron chi connectivity index (χ2n) is 5.47. The highest BCUT2D eigenvalue weighted by atomic mass is 15.1. The van der Waals surface area contributed by atoms with E-state index in [4.69, 9.17) is 5.73 Å². The van der Waals surface area contributed by atoms with E-state index in [1.54, 1.807) is 0 Å². The van der Waals surface area contributed by atoms with Crippen LogP contribution in [0.1, 0.15) is 37.8 Å². The fourth-order valence-electron chi connectivity index (χ4n) is 2.71. The molecule has 0 saturated heterocycles. The smallest absolute Gasteiger partial charge is 0.0244 e. The molecular weight excluding hydrogens is 220 g/mol. The fraction of sp³-hybridized carbons (Fsp3) is 0.625. The summed E-state index contributed by atoms with van der Waals surface area (Å²) in [6.07, 6.45) is 2.48. The first-order valence-corrected chi connectivity index (χ1v) is 7.04. The molecule has 0 bridgehead atoms. The molecule has 102 valence electrons. The van der Waals surface area contributed by atoms with Gasteiger partial charge in [0, 0.05) is 19.1 Å². The van der Waals surface area contributed by atoms with Crippen LogP contribution in [0.15, 0.2) is 24.3 Å². The Kier molecular flexibility index (Phi) is 6.37. The van der Waals surface area contributed by atoms with Crippen molar-refractivity contribution in [1.29, 1.82) is 0 Å². The molecule has 1 aromatic carbocycles. The third kappa shape index (κ3) is 4.43. The summed E-state index contributed by atoms with van der Waals surface area (Å²) in [6.45, 7) is 8.42. The largest absolute Gasteiger partial charge is 0.329 e. The zero-order valence-corrected chi connectivity index (χ0v) is 12.3. The maximum atomic E-state index is 5.95. The Morgan fingerprint density at radius 2 is 2.06 bits per heavy atom. The Hall–Kier alpha value is -0.860. The first-order chi connectivity index (χ1) is 8.58. The van der Waals surface area contributed by atoms with Gasteiger partial charge in [-0.25, -0.2) is 0 Å². The van der Waals surface area contributed by atoms with E-state index in [2.05, 4.69) is 57.0 Å². The van der Waals surface area contributed by atoms with Crippen LogP contribution in [0.4, 0.5) is 0 Å². The maximum Gasteiger partial charge on any atom is 0.0244 e. The van der Waals surface area contributed by atoms with Gasteiger partial charge in [-0.3, -0.25) is 4.90 Å². The highest BCUT2D eigenvalue weighted by Crippen LogP contribution is 2.17. The van der Waals surface area contributed by atoms with E-state index in [1.165, 1.54) is 24.0 Å². The topological polar surface area (TPSA) is 29.3 Å². The van der Waals surface area contributed by atoms with E-state index in [1.807, 2.05) is 0 Å². The van der Waals surface area contributed by atoms with E-state index in [0.29, 0.717) is 12.0 Å². The average molecular weight is 248 g/mol. The minimum Gasteiger partial charge on any atom is -0.329 e. The van der Waals surface area contributed by atoms with Crippen LogP contribution in [-0.2, 0) is 6.54 Å². The van der Waals surface area contributed by atoms with Crippen LogP contribution >= 0.6 is 0 Å². The quantitative estimate of drug-likeness (QED) is 0.803. The van der Waals surface area contributed by atoms with Gasteiger partial charge in [0.05, 0.1) is 0 Å². The molecule has 1 aromatic rings. The molecule has 0 aliphatic carbocycles. The molecule has 0 fully saturated rings. The van der Waals surface area contributed by atoms with Gasteiger partial charge in [-0.15, -0.1) is 0 Å². The predicted octanol–water partition coefficient (Wildman–Crippen LogP) is 3.19. The van der Waals surface area contributed by atoms with E-state index in [0.717, 1.165) is 13.1 Å². The molecule has 2 N–H and O–H groups in total. The number of nitrogens with two attached hydrogens (primary N) is 1. The molecule has 2 nitrogen and oxygen atoms in total. The molecule has 0 amide bonds. The summed E-state index contributed by atoms with van der Waals surface area (Å²) in [6, 6.07) is 9.20. The highest BCUT2D eigenvalue weighted by Gasteiger charge is 2.19. The van der Waals surface area contributed by atoms with Crippen LogP contribution in [0.2, 0.25) is 0 Å². The van der Waals surface area contributed by atoms with Crippen molar-refractivity contribution >= 4 is 0 Å². The third-order valence-electron chi connectivity index (χ3n) is 3.72. The summed E-state index contributed by atoms with van der Waals surface area (Å²) in [5.74, 6) is 0.662. The minimum absolute atomic E-state index is 0.477. The third-order valence-corrected chi connectivity index (χ3v) is 3.72. The molecule has 2 heteroatoms. The van der Waals surface area contributed by atoms with E-state index < -0.39 is 0 Å². The SMILES string of the molecule is CCCC(C)C(CN)N(C)Cc1cccc(C)c1. The van der Waals surface area contributed by atoms with Gasteiger partial charge in [-0.05, 0) is 31.9 Å². The van der Waals surface area contributed by atoms with Gasteiger partial charge in [0.25, 0.3) is 0 Å². The Balaban J connectivity index is 2.64. The van der Waals surface area contributed by atoms with E-state index in [-0.39, 0.29) is 0 Å². The summed E-state index contributed by atoms with van der Waals surface area (Å²) in [7, 11) is 2.19. The van der Waals surface area contributed by atoms with Gasteiger partial charge in [0.15, 0.2) is 0 Å². The van der Waals surface area contributed by atoms with Crippen molar-refractivity contribution in [3.8, 4) is 0 Å². The fourth-order valence-corrected chi connectivity index (χ4v) is 2.71. The van der Waals surface area contributed by atoms with E-state index in [9.17, 15) is 0 Å². The summed E-state index contributed by atoms with van der Waals surface area (Å²) < 4.78 is 0. The van der Waals surface area contributed by atoms with Crippen LogP contribution in [0.25, 0.3) is 0 Å². The van der Waals surface area contributed by atoms with Crippen molar-refractivity contribution in [3.63, 3.8) is 0 Å². The zero-order chi connectivity index (χ0) is 13.5. The first kappa shape index (κ1) is 15.2. The number of hydrogen-bond acceptors (Lipinski definition) is 2. The standard InChI is InChI=1S/C16H28N2/c1-5-7-14(3)16(11-17)18(4)12-15-9-6-8-13(2)10-15/h6,8-10,14,16H,5,7,11-12,17H2,1-4H3. The Morgan fingerprint density at radius 1 is 1.33 bits per heavy atom. The molecule has 2 unspecified atom stereocenters. The first-order valence-electron chi connectivity index (χ1n) is 7.04. The van der Waals surface area contributed by atoms with Crippen molar-refractivity contribution < 1.29 is 0 Å². The molecule has 1 rings (SSSR count). The van der Waals surface area contributed by atoms with E-state index >= 15 is 0 Å². The normalized spacial score (nSPS) is 14.8. The molecule has 0 aliphatic heterocycles. The Labute approximate surface area is 112 Å². The average Bonchev–Trinajstić information content (AvgIpc) is 2.30. The Bertz CT molecular complexity index is 349. The van der Waals surface area contributed by atoms with Gasteiger partial charge < -0.3 is 5.73 Å².